The number of benzene rings is 2. The van der Waals surface area contributed by atoms with Crippen LogP contribution in [0.15, 0.2) is 36.4 Å². The molecular weight excluding hydrogens is 336 g/mol. The topological polar surface area (TPSA) is 49.3 Å². The van der Waals surface area contributed by atoms with Gasteiger partial charge in [0.25, 0.3) is 0 Å². The summed E-state index contributed by atoms with van der Waals surface area (Å²) < 4.78 is 28.0. The van der Waals surface area contributed by atoms with E-state index in [4.69, 9.17) is 0 Å². The summed E-state index contributed by atoms with van der Waals surface area (Å²) in [7, 11) is 0. The Kier molecular flexibility index (Phi) is 3.36. The Hall–Kier alpha value is -2.43. The number of nitrogens with one attached hydrogen (secondary N) is 1. The summed E-state index contributed by atoms with van der Waals surface area (Å²) in [6.07, 6.45) is 3.37. The molecule has 2 saturated carbocycles. The number of halogens is 2. The normalized spacial score (nSPS) is 31.2. The fraction of sp³-hybridized carbons (Fsp3) is 0.381. The lowest BCUT2D eigenvalue weighted by molar-refractivity contribution is 0.0697. The lowest BCUT2D eigenvalue weighted by Gasteiger charge is -2.44. The van der Waals surface area contributed by atoms with Crippen LogP contribution in [0.4, 0.5) is 14.5 Å². The smallest absolute Gasteiger partial charge is 0.337 e. The number of fused-ring (bicyclic) bond motifs is 7. The molecule has 5 atom stereocenters. The van der Waals surface area contributed by atoms with Gasteiger partial charge in [-0.25, -0.2) is 13.6 Å². The maximum atomic E-state index is 14.6. The number of hydrogen-bond acceptors (Lipinski definition) is 2. The van der Waals surface area contributed by atoms with Gasteiger partial charge in [0.2, 0.25) is 0 Å². The molecule has 26 heavy (non-hydrogen) atoms. The maximum Gasteiger partial charge on any atom is 0.337 e. The fourth-order valence-corrected chi connectivity index (χ4v) is 5.75. The van der Waals surface area contributed by atoms with E-state index < -0.39 is 17.6 Å². The Morgan fingerprint density at radius 3 is 2.65 bits per heavy atom. The van der Waals surface area contributed by atoms with Crippen molar-refractivity contribution in [1.82, 2.24) is 0 Å². The van der Waals surface area contributed by atoms with Crippen molar-refractivity contribution in [2.75, 3.05) is 5.32 Å². The van der Waals surface area contributed by atoms with Crippen molar-refractivity contribution in [3.05, 3.63) is 64.7 Å². The third kappa shape index (κ3) is 2.12. The number of anilines is 1. The monoisotopic (exact) mass is 355 g/mol. The molecule has 2 aromatic carbocycles. The molecule has 2 N–H and O–H groups in total. The van der Waals surface area contributed by atoms with Crippen LogP contribution in [0.3, 0.4) is 0 Å². The van der Waals surface area contributed by atoms with Crippen LogP contribution in [0.25, 0.3) is 0 Å². The summed E-state index contributed by atoms with van der Waals surface area (Å²) in [5.74, 6) is -0.703. The minimum absolute atomic E-state index is 0.213. The summed E-state index contributed by atoms with van der Waals surface area (Å²) in [4.78, 5) is 11.7. The number of carboxylic acids is 1. The molecule has 0 aromatic heterocycles. The first kappa shape index (κ1) is 15.8. The molecule has 0 unspecified atom stereocenters. The fourth-order valence-electron chi connectivity index (χ4n) is 5.75. The number of carboxylic acid groups (broad SMARTS) is 1. The third-order valence-corrected chi connectivity index (χ3v) is 6.65. The number of carbonyl (C=O) groups is 1. The lowest BCUT2D eigenvalue weighted by atomic mass is 9.67. The van der Waals surface area contributed by atoms with E-state index in [1.54, 1.807) is 12.1 Å². The van der Waals surface area contributed by atoms with Crippen LogP contribution in [0.1, 0.15) is 52.7 Å². The minimum Gasteiger partial charge on any atom is -0.478 e. The van der Waals surface area contributed by atoms with E-state index in [0.29, 0.717) is 23.1 Å². The summed E-state index contributed by atoms with van der Waals surface area (Å²) >= 11 is 0. The van der Waals surface area contributed by atoms with E-state index in [0.717, 1.165) is 30.9 Å². The Morgan fingerprint density at radius 2 is 1.88 bits per heavy atom. The van der Waals surface area contributed by atoms with Crippen LogP contribution in [0.2, 0.25) is 0 Å². The van der Waals surface area contributed by atoms with E-state index in [1.165, 1.54) is 12.1 Å². The molecule has 5 heteroatoms. The van der Waals surface area contributed by atoms with Crippen LogP contribution >= 0.6 is 0 Å². The average molecular weight is 355 g/mol. The Morgan fingerprint density at radius 1 is 1.08 bits per heavy atom. The molecule has 3 aliphatic rings. The molecular formula is C21H19F2NO2. The summed E-state index contributed by atoms with van der Waals surface area (Å²) in [6, 6.07) is 8.75. The summed E-state index contributed by atoms with van der Waals surface area (Å²) in [5.41, 5.74) is 2.29. The van der Waals surface area contributed by atoms with Gasteiger partial charge in [-0.05, 0) is 60.6 Å². The zero-order chi connectivity index (χ0) is 18.0. The van der Waals surface area contributed by atoms with E-state index in [1.807, 2.05) is 6.07 Å². The molecule has 0 spiro atoms. The van der Waals surface area contributed by atoms with Crippen molar-refractivity contribution in [3.63, 3.8) is 0 Å². The minimum atomic E-state index is -0.991. The van der Waals surface area contributed by atoms with Crippen molar-refractivity contribution in [1.29, 1.82) is 0 Å². The van der Waals surface area contributed by atoms with Crippen LogP contribution in [0.5, 0.6) is 0 Å². The predicted molar refractivity (Wildman–Crippen MR) is 93.2 cm³/mol. The van der Waals surface area contributed by atoms with Gasteiger partial charge in [0.1, 0.15) is 11.6 Å². The van der Waals surface area contributed by atoms with Gasteiger partial charge < -0.3 is 10.4 Å². The van der Waals surface area contributed by atoms with Crippen LogP contribution in [-0.4, -0.2) is 11.1 Å². The molecule has 2 fully saturated rings. The van der Waals surface area contributed by atoms with Gasteiger partial charge >= 0.3 is 5.97 Å². The first-order valence-electron chi connectivity index (χ1n) is 9.12. The second-order valence-corrected chi connectivity index (χ2v) is 7.80. The molecule has 1 aliphatic heterocycles. The quantitative estimate of drug-likeness (QED) is 0.800. The van der Waals surface area contributed by atoms with Gasteiger partial charge in [-0.15, -0.1) is 0 Å². The molecule has 2 bridgehead atoms. The Labute approximate surface area is 150 Å². The highest BCUT2D eigenvalue weighted by atomic mass is 19.1. The van der Waals surface area contributed by atoms with Crippen molar-refractivity contribution < 1.29 is 18.7 Å². The van der Waals surface area contributed by atoms with Gasteiger partial charge in [-0.1, -0.05) is 18.2 Å². The van der Waals surface area contributed by atoms with Gasteiger partial charge in [0.15, 0.2) is 0 Å². The second kappa shape index (κ2) is 5.53. The average Bonchev–Trinajstić information content (AvgIpc) is 3.23. The molecule has 0 saturated heterocycles. The molecule has 1 heterocycles. The lowest BCUT2D eigenvalue weighted by Crippen LogP contribution is -2.36. The molecule has 3 nitrogen and oxygen atoms in total. The van der Waals surface area contributed by atoms with Crippen molar-refractivity contribution in [2.45, 2.75) is 31.2 Å². The second-order valence-electron chi connectivity index (χ2n) is 7.80. The first-order valence-corrected chi connectivity index (χ1v) is 9.12. The zero-order valence-corrected chi connectivity index (χ0v) is 14.1. The van der Waals surface area contributed by atoms with Crippen molar-refractivity contribution in [2.24, 2.45) is 17.8 Å². The number of para-hydroxylation sites is 1. The van der Waals surface area contributed by atoms with Gasteiger partial charge in [-0.3, -0.25) is 0 Å². The summed E-state index contributed by atoms with van der Waals surface area (Å²) in [5, 5.41) is 12.9. The highest BCUT2D eigenvalue weighted by Crippen LogP contribution is 2.64. The van der Waals surface area contributed by atoms with E-state index in [-0.39, 0.29) is 23.4 Å². The van der Waals surface area contributed by atoms with E-state index in [2.05, 4.69) is 5.32 Å². The van der Waals surface area contributed by atoms with E-state index >= 15 is 0 Å². The first-order chi connectivity index (χ1) is 12.5. The molecule has 5 rings (SSSR count). The maximum absolute atomic E-state index is 14.6. The SMILES string of the molecule is O=C(O)c1cccc2c1N[C@H](c1ccc(F)cc1F)[C@H]1[C@H]3CC[C@@H](C3)[C@H]21. The highest BCUT2D eigenvalue weighted by Gasteiger charge is 2.54. The van der Waals surface area contributed by atoms with Gasteiger partial charge in [0, 0.05) is 11.6 Å². The van der Waals surface area contributed by atoms with Crippen molar-refractivity contribution >= 4 is 11.7 Å². The predicted octanol–water partition coefficient (Wildman–Crippen LogP) is 4.96. The molecule has 0 radical (unpaired) electrons. The Bertz CT molecular complexity index is 913. The molecule has 134 valence electrons. The molecule has 0 amide bonds. The largest absolute Gasteiger partial charge is 0.478 e. The van der Waals surface area contributed by atoms with Crippen LogP contribution in [-0.2, 0) is 0 Å². The standard InChI is InChI=1S/C21H19F2NO2/c22-12-6-7-13(16(23)9-12)20-18-11-5-4-10(8-11)17(18)14-2-1-3-15(21(25)26)19(14)24-20/h1-3,6-7,9-11,17-18,20,24H,4-5,8H2,(H,25,26)/t10-,11-,17+,18-,20+/m0/s1. The summed E-state index contributed by atoms with van der Waals surface area (Å²) in [6.45, 7) is 0. The van der Waals surface area contributed by atoms with Gasteiger partial charge in [0.05, 0.1) is 17.3 Å². The zero-order valence-electron chi connectivity index (χ0n) is 14.1. The van der Waals surface area contributed by atoms with E-state index in [9.17, 15) is 18.7 Å². The van der Waals surface area contributed by atoms with Crippen LogP contribution in [0, 0.1) is 29.4 Å². The van der Waals surface area contributed by atoms with Crippen LogP contribution < -0.4 is 5.32 Å². The van der Waals surface area contributed by atoms with Crippen molar-refractivity contribution in [3.8, 4) is 0 Å². The molecule has 2 aromatic rings. The third-order valence-electron chi connectivity index (χ3n) is 6.65. The number of rotatable bonds is 2. The number of aromatic carboxylic acids is 1. The highest BCUT2D eigenvalue weighted by molar-refractivity contribution is 5.95. The number of hydrogen-bond donors (Lipinski definition) is 2. The van der Waals surface area contributed by atoms with Gasteiger partial charge in [-0.2, -0.15) is 0 Å². The Balaban J connectivity index is 1.69. The molecule has 2 aliphatic carbocycles.